The van der Waals surface area contributed by atoms with Crippen LogP contribution in [0.2, 0.25) is 0 Å². The van der Waals surface area contributed by atoms with Crippen molar-refractivity contribution in [1.82, 2.24) is 25.4 Å². The average Bonchev–Trinajstić information content (AvgIpc) is 3.29. The second kappa shape index (κ2) is 9.61. The molecule has 170 valence electrons. The number of hydrogen-bond donors (Lipinski definition) is 2. The summed E-state index contributed by atoms with van der Waals surface area (Å²) in [5.74, 6) is 2.54. The predicted molar refractivity (Wildman–Crippen MR) is 128 cm³/mol. The highest BCUT2D eigenvalue weighted by molar-refractivity contribution is 6.05. The lowest BCUT2D eigenvalue weighted by atomic mass is 10.0. The highest BCUT2D eigenvalue weighted by atomic mass is 16.5. The van der Waals surface area contributed by atoms with Crippen molar-refractivity contribution in [2.24, 2.45) is 0 Å². The van der Waals surface area contributed by atoms with Gasteiger partial charge in [-0.05, 0) is 36.6 Å². The van der Waals surface area contributed by atoms with Gasteiger partial charge in [0, 0.05) is 49.4 Å². The van der Waals surface area contributed by atoms with Crippen molar-refractivity contribution in [2.75, 3.05) is 50.8 Å². The SMILES string of the molecule is C#CCN1CCC(NC(=O)c2n[nH]c3ccc(-c4cncc(N5CCOCC5)c4)cc23)CC1. The van der Waals surface area contributed by atoms with E-state index in [4.69, 9.17) is 11.2 Å². The number of pyridine rings is 1. The van der Waals surface area contributed by atoms with Crippen LogP contribution in [0.15, 0.2) is 36.7 Å². The summed E-state index contributed by atoms with van der Waals surface area (Å²) < 4.78 is 5.46. The van der Waals surface area contributed by atoms with Gasteiger partial charge >= 0.3 is 0 Å². The number of aromatic amines is 1. The average molecular weight is 445 g/mol. The number of terminal acetylenes is 1. The largest absolute Gasteiger partial charge is 0.378 e. The standard InChI is InChI=1S/C25H28N6O2/c1-2-7-30-8-5-20(6-9-30)27-25(32)24-22-15-18(3-4-23(22)28-29-24)19-14-21(17-26-16-19)31-10-12-33-13-11-31/h1,3-4,14-17,20H,5-13H2,(H,27,32)(H,28,29). The summed E-state index contributed by atoms with van der Waals surface area (Å²) >= 11 is 0. The monoisotopic (exact) mass is 444 g/mol. The summed E-state index contributed by atoms with van der Waals surface area (Å²) in [5, 5.41) is 11.3. The minimum Gasteiger partial charge on any atom is -0.378 e. The van der Waals surface area contributed by atoms with Crippen LogP contribution in [0.3, 0.4) is 0 Å². The first kappa shape index (κ1) is 21.4. The van der Waals surface area contributed by atoms with Gasteiger partial charge in [0.25, 0.3) is 5.91 Å². The van der Waals surface area contributed by atoms with Crippen molar-refractivity contribution in [3.8, 4) is 23.5 Å². The molecule has 3 aromatic rings. The molecule has 8 heteroatoms. The van der Waals surface area contributed by atoms with E-state index in [1.807, 2.05) is 30.6 Å². The molecule has 8 nitrogen and oxygen atoms in total. The predicted octanol–water partition coefficient (Wildman–Crippen LogP) is 2.29. The third-order valence-corrected chi connectivity index (χ3v) is 6.45. The van der Waals surface area contributed by atoms with E-state index in [2.05, 4.69) is 42.3 Å². The molecule has 2 aromatic heterocycles. The second-order valence-corrected chi connectivity index (χ2v) is 8.59. The van der Waals surface area contributed by atoms with Crippen LogP contribution in [0.5, 0.6) is 0 Å². The number of aromatic nitrogens is 3. The summed E-state index contributed by atoms with van der Waals surface area (Å²) in [6.45, 7) is 5.63. The van der Waals surface area contributed by atoms with Gasteiger partial charge in [-0.15, -0.1) is 6.42 Å². The maximum absolute atomic E-state index is 13.0. The Morgan fingerprint density at radius 2 is 1.97 bits per heavy atom. The molecule has 2 aliphatic rings. The Labute approximate surface area is 193 Å². The zero-order valence-electron chi connectivity index (χ0n) is 18.6. The fourth-order valence-corrected chi connectivity index (χ4v) is 4.57. The molecular weight excluding hydrogens is 416 g/mol. The topological polar surface area (TPSA) is 86.4 Å². The highest BCUT2D eigenvalue weighted by Gasteiger charge is 2.23. The van der Waals surface area contributed by atoms with Crippen LogP contribution in [0.25, 0.3) is 22.0 Å². The maximum atomic E-state index is 13.0. The van der Waals surface area contributed by atoms with Gasteiger partial charge in [-0.1, -0.05) is 12.0 Å². The zero-order valence-corrected chi connectivity index (χ0v) is 18.6. The van der Waals surface area contributed by atoms with Gasteiger partial charge in [0.2, 0.25) is 0 Å². The number of H-pyrrole nitrogens is 1. The Hall–Kier alpha value is -3.41. The zero-order chi connectivity index (χ0) is 22.6. The first-order chi connectivity index (χ1) is 16.2. The molecule has 0 bridgehead atoms. The quantitative estimate of drug-likeness (QED) is 0.588. The molecule has 1 amide bonds. The number of nitrogens with zero attached hydrogens (tertiary/aromatic N) is 4. The van der Waals surface area contributed by atoms with Gasteiger partial charge in [0.1, 0.15) is 0 Å². The molecule has 0 saturated carbocycles. The van der Waals surface area contributed by atoms with Gasteiger partial charge < -0.3 is 15.0 Å². The number of hydrogen-bond acceptors (Lipinski definition) is 6. The van der Waals surface area contributed by atoms with Gasteiger partial charge in [0.05, 0.1) is 37.2 Å². The summed E-state index contributed by atoms with van der Waals surface area (Å²) in [7, 11) is 0. The number of nitrogens with one attached hydrogen (secondary N) is 2. The smallest absolute Gasteiger partial charge is 0.272 e. The Kier molecular flexibility index (Phi) is 6.24. The highest BCUT2D eigenvalue weighted by Crippen LogP contribution is 2.28. The van der Waals surface area contributed by atoms with Crippen molar-refractivity contribution in [2.45, 2.75) is 18.9 Å². The molecule has 1 aromatic carbocycles. The van der Waals surface area contributed by atoms with Crippen LogP contribution in [0.1, 0.15) is 23.3 Å². The van der Waals surface area contributed by atoms with E-state index in [9.17, 15) is 4.79 Å². The fourth-order valence-electron chi connectivity index (χ4n) is 4.57. The summed E-state index contributed by atoms with van der Waals surface area (Å²) in [6, 6.07) is 8.29. The normalized spacial score (nSPS) is 17.7. The van der Waals surface area contributed by atoms with Crippen molar-refractivity contribution in [1.29, 1.82) is 0 Å². The van der Waals surface area contributed by atoms with E-state index in [1.165, 1.54) is 0 Å². The van der Waals surface area contributed by atoms with Gasteiger partial charge in [-0.25, -0.2) is 0 Å². The molecule has 0 atom stereocenters. The van der Waals surface area contributed by atoms with Crippen LogP contribution in [-0.4, -0.2) is 78.0 Å². The first-order valence-corrected chi connectivity index (χ1v) is 11.4. The Bertz CT molecular complexity index is 1170. The summed E-state index contributed by atoms with van der Waals surface area (Å²) in [6.07, 6.45) is 10.9. The Balaban J connectivity index is 1.34. The minimum absolute atomic E-state index is 0.135. The first-order valence-electron chi connectivity index (χ1n) is 11.4. The van der Waals surface area contributed by atoms with Crippen molar-refractivity contribution in [3.05, 3.63) is 42.4 Å². The lowest BCUT2D eigenvalue weighted by Gasteiger charge is -2.30. The summed E-state index contributed by atoms with van der Waals surface area (Å²) in [4.78, 5) is 22.0. The minimum atomic E-state index is -0.144. The maximum Gasteiger partial charge on any atom is 0.272 e. The third kappa shape index (κ3) is 4.70. The number of rotatable bonds is 5. The van der Waals surface area contributed by atoms with Crippen LogP contribution < -0.4 is 10.2 Å². The van der Waals surface area contributed by atoms with E-state index < -0.39 is 0 Å². The molecular formula is C25H28N6O2. The number of piperidine rings is 1. The number of ether oxygens (including phenoxy) is 1. The molecule has 2 N–H and O–H groups in total. The number of likely N-dealkylation sites (tertiary alicyclic amines) is 1. The molecule has 5 rings (SSSR count). The van der Waals surface area contributed by atoms with Crippen LogP contribution >= 0.6 is 0 Å². The summed E-state index contributed by atoms with van der Waals surface area (Å²) in [5.41, 5.74) is 4.36. The van der Waals surface area contributed by atoms with Gasteiger partial charge in [0.15, 0.2) is 5.69 Å². The van der Waals surface area contributed by atoms with E-state index in [0.29, 0.717) is 12.2 Å². The van der Waals surface area contributed by atoms with Crippen molar-refractivity contribution >= 4 is 22.5 Å². The van der Waals surface area contributed by atoms with Gasteiger partial charge in [-0.2, -0.15) is 5.10 Å². The number of fused-ring (bicyclic) bond motifs is 1. The molecule has 0 radical (unpaired) electrons. The molecule has 2 saturated heterocycles. The van der Waals surface area contributed by atoms with E-state index >= 15 is 0 Å². The number of carbonyl (C=O) groups excluding carboxylic acids is 1. The van der Waals surface area contributed by atoms with Crippen LogP contribution in [0.4, 0.5) is 5.69 Å². The van der Waals surface area contributed by atoms with E-state index in [1.54, 1.807) is 0 Å². The molecule has 33 heavy (non-hydrogen) atoms. The lowest BCUT2D eigenvalue weighted by molar-refractivity contribution is 0.0911. The van der Waals surface area contributed by atoms with Gasteiger partial charge in [-0.3, -0.25) is 19.8 Å². The Morgan fingerprint density at radius 3 is 2.76 bits per heavy atom. The molecule has 2 fully saturated rings. The lowest BCUT2D eigenvalue weighted by Crippen LogP contribution is -2.44. The number of carbonyl (C=O) groups is 1. The van der Waals surface area contributed by atoms with Crippen LogP contribution in [-0.2, 0) is 4.74 Å². The molecule has 2 aliphatic heterocycles. The van der Waals surface area contributed by atoms with Crippen molar-refractivity contribution < 1.29 is 9.53 Å². The molecule has 0 unspecified atom stereocenters. The Morgan fingerprint density at radius 1 is 1.15 bits per heavy atom. The number of anilines is 1. The molecule has 0 aliphatic carbocycles. The second-order valence-electron chi connectivity index (χ2n) is 8.59. The molecule has 0 spiro atoms. The van der Waals surface area contributed by atoms with Crippen LogP contribution in [0, 0.1) is 12.3 Å². The number of benzene rings is 1. The molecule has 4 heterocycles. The fraction of sp³-hybridized carbons (Fsp3) is 0.400. The van der Waals surface area contributed by atoms with Crippen molar-refractivity contribution in [3.63, 3.8) is 0 Å². The van der Waals surface area contributed by atoms with E-state index in [-0.39, 0.29) is 11.9 Å². The third-order valence-electron chi connectivity index (χ3n) is 6.45. The van der Waals surface area contributed by atoms with E-state index in [0.717, 1.165) is 80.0 Å². The number of morpholine rings is 1. The number of amides is 1.